The van der Waals surface area contributed by atoms with E-state index in [0.717, 1.165) is 28.9 Å². The molecule has 0 unspecified atom stereocenters. The summed E-state index contributed by atoms with van der Waals surface area (Å²) < 4.78 is 5.92. The molecule has 0 fully saturated rings. The molecule has 0 heterocycles. The van der Waals surface area contributed by atoms with E-state index >= 15 is 0 Å². The van der Waals surface area contributed by atoms with Gasteiger partial charge in [-0.1, -0.05) is 66.9 Å². The highest BCUT2D eigenvalue weighted by atomic mass is 35.5. The molecular formula is C30H31ClN2O3. The molecule has 0 aromatic heterocycles. The van der Waals surface area contributed by atoms with Gasteiger partial charge >= 0.3 is 0 Å². The van der Waals surface area contributed by atoms with Gasteiger partial charge in [0.05, 0.1) is 19.6 Å². The van der Waals surface area contributed by atoms with Crippen molar-refractivity contribution in [1.82, 2.24) is 10.2 Å². The molecule has 1 N–H and O–H groups in total. The van der Waals surface area contributed by atoms with Crippen LogP contribution in [-0.4, -0.2) is 36.4 Å². The topological polar surface area (TPSA) is 58.6 Å². The zero-order valence-corrected chi connectivity index (χ0v) is 21.3. The molecule has 0 bridgehead atoms. The quantitative estimate of drug-likeness (QED) is 0.342. The first-order valence-electron chi connectivity index (χ1n) is 12.0. The van der Waals surface area contributed by atoms with E-state index in [9.17, 15) is 9.59 Å². The van der Waals surface area contributed by atoms with Crippen LogP contribution in [0.25, 0.3) is 0 Å². The molecule has 36 heavy (non-hydrogen) atoms. The van der Waals surface area contributed by atoms with Crippen molar-refractivity contribution in [2.75, 3.05) is 19.7 Å². The number of ether oxygens (including phenoxy) is 1. The van der Waals surface area contributed by atoms with Gasteiger partial charge in [0.15, 0.2) is 0 Å². The lowest BCUT2D eigenvalue weighted by Crippen LogP contribution is -2.34. The largest absolute Gasteiger partial charge is 0.493 e. The average molecular weight is 503 g/mol. The highest BCUT2D eigenvalue weighted by Crippen LogP contribution is 2.25. The van der Waals surface area contributed by atoms with Gasteiger partial charge in [-0.05, 0) is 54.3 Å². The monoisotopic (exact) mass is 502 g/mol. The van der Waals surface area contributed by atoms with Crippen molar-refractivity contribution in [3.05, 3.63) is 100 Å². The van der Waals surface area contributed by atoms with Crippen LogP contribution in [0.2, 0.25) is 5.02 Å². The lowest BCUT2D eigenvalue weighted by atomic mass is 10.1. The average Bonchev–Trinajstić information content (AvgIpc) is 2.90. The zero-order valence-electron chi connectivity index (χ0n) is 20.5. The molecule has 0 atom stereocenters. The van der Waals surface area contributed by atoms with Crippen molar-refractivity contribution < 1.29 is 14.3 Å². The molecule has 0 saturated carbocycles. The lowest BCUT2D eigenvalue weighted by molar-refractivity contribution is -0.131. The first-order chi connectivity index (χ1) is 17.5. The Balaban J connectivity index is 1.76. The van der Waals surface area contributed by atoms with Gasteiger partial charge in [-0.3, -0.25) is 9.59 Å². The molecule has 0 aliphatic carbocycles. The Labute approximate surface area is 218 Å². The summed E-state index contributed by atoms with van der Waals surface area (Å²) in [5.74, 6) is 2.94. The summed E-state index contributed by atoms with van der Waals surface area (Å²) in [4.78, 5) is 27.3. The number of carbonyl (C=O) groups is 2. The van der Waals surface area contributed by atoms with Crippen LogP contribution < -0.4 is 10.1 Å². The molecule has 6 heteroatoms. The van der Waals surface area contributed by atoms with Gasteiger partial charge in [0, 0.05) is 29.2 Å². The number of hydrogen-bond acceptors (Lipinski definition) is 3. The van der Waals surface area contributed by atoms with Gasteiger partial charge in [-0.25, -0.2) is 0 Å². The smallest absolute Gasteiger partial charge is 0.252 e. The van der Waals surface area contributed by atoms with Crippen LogP contribution in [0.5, 0.6) is 5.75 Å². The number of nitrogens with zero attached hydrogens (tertiary/aromatic N) is 1. The minimum absolute atomic E-state index is 0.0212. The molecule has 0 saturated heterocycles. The lowest BCUT2D eigenvalue weighted by Gasteiger charge is -2.24. The summed E-state index contributed by atoms with van der Waals surface area (Å²) >= 11 is 6.29. The third-order valence-electron chi connectivity index (χ3n) is 5.63. The second-order valence-electron chi connectivity index (χ2n) is 8.41. The summed E-state index contributed by atoms with van der Waals surface area (Å²) in [6.07, 6.45) is 7.03. The maximum atomic E-state index is 13.4. The molecule has 0 radical (unpaired) electrons. The van der Waals surface area contributed by atoms with E-state index < -0.39 is 0 Å². The summed E-state index contributed by atoms with van der Waals surface area (Å²) in [5, 5.41) is 3.26. The first-order valence-corrected chi connectivity index (χ1v) is 12.4. The standard InChI is InChI=1S/C30H31ClN2O3/c1-3-17-32-30(35)25-12-10-23(11-13-25)16-18-33(29(34)20-24-8-6-5-7-9-24)22-26-21-27(31)14-15-28(26)36-19-4-2/h1,5-15,21H,4,16-20,22H2,2H3,(H,32,35). The number of amides is 2. The number of nitrogens with one attached hydrogen (secondary N) is 1. The zero-order chi connectivity index (χ0) is 25.8. The number of carbonyl (C=O) groups excluding carboxylic acids is 2. The highest BCUT2D eigenvalue weighted by molar-refractivity contribution is 6.30. The van der Waals surface area contributed by atoms with E-state index in [1.165, 1.54) is 0 Å². The predicted molar refractivity (Wildman–Crippen MR) is 144 cm³/mol. The first kappa shape index (κ1) is 26.8. The Morgan fingerprint density at radius 1 is 1.03 bits per heavy atom. The third-order valence-corrected chi connectivity index (χ3v) is 5.87. The molecule has 3 aromatic rings. The fourth-order valence-corrected chi connectivity index (χ4v) is 3.92. The van der Waals surface area contributed by atoms with E-state index in [-0.39, 0.29) is 18.4 Å². The predicted octanol–water partition coefficient (Wildman–Crippen LogP) is 5.31. The van der Waals surface area contributed by atoms with Crippen molar-refractivity contribution in [1.29, 1.82) is 0 Å². The van der Waals surface area contributed by atoms with Gasteiger partial charge in [0.2, 0.25) is 5.91 Å². The van der Waals surface area contributed by atoms with Crippen LogP contribution in [0.15, 0.2) is 72.8 Å². The van der Waals surface area contributed by atoms with E-state index in [2.05, 4.69) is 18.2 Å². The number of hydrogen-bond donors (Lipinski definition) is 1. The highest BCUT2D eigenvalue weighted by Gasteiger charge is 2.18. The van der Waals surface area contributed by atoms with Crippen molar-refractivity contribution in [3.63, 3.8) is 0 Å². The molecule has 186 valence electrons. The molecule has 0 aliphatic rings. The number of rotatable bonds is 12. The van der Waals surface area contributed by atoms with Crippen molar-refractivity contribution in [2.24, 2.45) is 0 Å². The van der Waals surface area contributed by atoms with Crippen LogP contribution >= 0.6 is 11.6 Å². The second kappa shape index (κ2) is 14.0. The Morgan fingerprint density at radius 3 is 2.47 bits per heavy atom. The van der Waals surface area contributed by atoms with Crippen LogP contribution in [0.4, 0.5) is 0 Å². The summed E-state index contributed by atoms with van der Waals surface area (Å²) in [6.45, 7) is 3.72. The van der Waals surface area contributed by atoms with Crippen LogP contribution in [0.1, 0.15) is 40.4 Å². The van der Waals surface area contributed by atoms with Gasteiger partial charge in [-0.2, -0.15) is 0 Å². The molecule has 0 aliphatic heterocycles. The number of halogens is 1. The fourth-order valence-electron chi connectivity index (χ4n) is 3.72. The van der Waals surface area contributed by atoms with Gasteiger partial charge in [-0.15, -0.1) is 6.42 Å². The summed E-state index contributed by atoms with van der Waals surface area (Å²) in [6, 6.07) is 22.6. The summed E-state index contributed by atoms with van der Waals surface area (Å²) in [5.41, 5.74) is 3.40. The van der Waals surface area contributed by atoms with Gasteiger partial charge in [0.1, 0.15) is 5.75 Å². The number of terminal acetylenes is 1. The van der Waals surface area contributed by atoms with E-state index in [1.54, 1.807) is 18.2 Å². The van der Waals surface area contributed by atoms with E-state index in [0.29, 0.717) is 43.1 Å². The molecule has 3 aromatic carbocycles. The SMILES string of the molecule is C#CCNC(=O)c1ccc(CCN(Cc2cc(Cl)ccc2OCCC)C(=O)Cc2ccccc2)cc1. The van der Waals surface area contributed by atoms with Gasteiger partial charge in [0.25, 0.3) is 5.91 Å². The number of benzene rings is 3. The fraction of sp³-hybridized carbons (Fsp3) is 0.267. The summed E-state index contributed by atoms with van der Waals surface area (Å²) in [7, 11) is 0. The molecule has 5 nitrogen and oxygen atoms in total. The Kier molecular flexibility index (Phi) is 10.4. The van der Waals surface area contributed by atoms with Crippen LogP contribution in [-0.2, 0) is 24.2 Å². The third kappa shape index (κ3) is 8.18. The molecule has 3 rings (SSSR count). The van der Waals surface area contributed by atoms with Crippen LogP contribution in [0, 0.1) is 12.3 Å². The normalized spacial score (nSPS) is 10.4. The Bertz CT molecular complexity index is 1190. The van der Waals surface area contributed by atoms with Crippen LogP contribution in [0.3, 0.4) is 0 Å². The maximum Gasteiger partial charge on any atom is 0.252 e. The molecule has 2 amide bonds. The Morgan fingerprint density at radius 2 is 1.78 bits per heavy atom. The minimum atomic E-state index is -0.209. The maximum absolute atomic E-state index is 13.4. The minimum Gasteiger partial charge on any atom is -0.493 e. The van der Waals surface area contributed by atoms with E-state index in [4.69, 9.17) is 22.8 Å². The molecular weight excluding hydrogens is 472 g/mol. The van der Waals surface area contributed by atoms with Crippen molar-refractivity contribution in [3.8, 4) is 18.1 Å². The second-order valence-corrected chi connectivity index (χ2v) is 8.85. The van der Waals surface area contributed by atoms with Crippen molar-refractivity contribution in [2.45, 2.75) is 32.7 Å². The molecule has 0 spiro atoms. The van der Waals surface area contributed by atoms with Crippen molar-refractivity contribution >= 4 is 23.4 Å². The van der Waals surface area contributed by atoms with Gasteiger partial charge < -0.3 is 15.0 Å². The Hall–Kier alpha value is -3.75. The van der Waals surface area contributed by atoms with E-state index in [1.807, 2.05) is 59.5 Å².